The summed E-state index contributed by atoms with van der Waals surface area (Å²) in [7, 11) is 0. The number of nitro benzene ring substituents is 1. The van der Waals surface area contributed by atoms with E-state index < -0.39 is 16.9 Å². The van der Waals surface area contributed by atoms with Gasteiger partial charge in [0, 0.05) is 23.0 Å². The maximum absolute atomic E-state index is 12.6. The molecule has 0 saturated carbocycles. The average molecular weight is 462 g/mol. The normalized spacial score (nSPS) is 11.9. The van der Waals surface area contributed by atoms with Crippen LogP contribution in [0.2, 0.25) is 0 Å². The first-order chi connectivity index (χ1) is 16.0. The largest absolute Gasteiger partial charge is 0.474 e. The Morgan fingerprint density at radius 1 is 0.912 bits per heavy atom. The molecule has 3 aromatic rings. The first-order valence-corrected chi connectivity index (χ1v) is 10.8. The van der Waals surface area contributed by atoms with Crippen molar-refractivity contribution in [3.63, 3.8) is 0 Å². The zero-order valence-electron chi connectivity index (χ0n) is 19.5. The van der Waals surface area contributed by atoms with Crippen LogP contribution in [0.5, 0.6) is 5.75 Å². The number of nitro groups is 1. The standard InChI is InChI=1S/C26H27N3O5/c1-17(34-23-11-6-5-10-22(23)29(32)33)24(30)27-20-8-7-9-21(16-20)28-25(31)18-12-14-19(15-13-18)26(2,3)4/h5-17H,1-4H3,(H,27,30)(H,28,31). The van der Waals surface area contributed by atoms with Crippen LogP contribution in [-0.2, 0) is 10.2 Å². The maximum Gasteiger partial charge on any atom is 0.310 e. The SMILES string of the molecule is CC(Oc1ccccc1[N+](=O)[O-])C(=O)Nc1cccc(NC(=O)c2ccc(C(C)(C)C)cc2)c1. The molecule has 0 fully saturated rings. The molecule has 1 unspecified atom stereocenters. The van der Waals surface area contributed by atoms with Gasteiger partial charge in [-0.1, -0.05) is 51.1 Å². The molecular weight excluding hydrogens is 434 g/mol. The van der Waals surface area contributed by atoms with Crippen molar-refractivity contribution in [2.45, 2.75) is 39.2 Å². The van der Waals surface area contributed by atoms with Gasteiger partial charge in [-0.2, -0.15) is 0 Å². The number of para-hydroxylation sites is 2. The van der Waals surface area contributed by atoms with Gasteiger partial charge in [0.15, 0.2) is 11.9 Å². The zero-order chi connectivity index (χ0) is 24.9. The van der Waals surface area contributed by atoms with Crippen molar-refractivity contribution in [1.29, 1.82) is 0 Å². The van der Waals surface area contributed by atoms with E-state index in [0.717, 1.165) is 5.56 Å². The minimum Gasteiger partial charge on any atom is -0.474 e. The summed E-state index contributed by atoms with van der Waals surface area (Å²) in [6.07, 6.45) is -0.985. The molecule has 34 heavy (non-hydrogen) atoms. The van der Waals surface area contributed by atoms with Gasteiger partial charge in [0.1, 0.15) is 0 Å². The third kappa shape index (κ3) is 6.19. The second-order valence-corrected chi connectivity index (χ2v) is 8.84. The van der Waals surface area contributed by atoms with Gasteiger partial charge >= 0.3 is 5.69 Å². The number of nitrogens with one attached hydrogen (secondary N) is 2. The highest BCUT2D eigenvalue weighted by Gasteiger charge is 2.21. The lowest BCUT2D eigenvalue weighted by molar-refractivity contribution is -0.386. The van der Waals surface area contributed by atoms with E-state index in [4.69, 9.17) is 4.74 Å². The number of nitrogens with zero attached hydrogens (tertiary/aromatic N) is 1. The van der Waals surface area contributed by atoms with E-state index in [0.29, 0.717) is 16.9 Å². The van der Waals surface area contributed by atoms with Crippen molar-refractivity contribution >= 4 is 28.9 Å². The molecule has 0 saturated heterocycles. The molecule has 176 valence electrons. The predicted molar refractivity (Wildman–Crippen MR) is 131 cm³/mol. The van der Waals surface area contributed by atoms with Crippen LogP contribution in [0.1, 0.15) is 43.6 Å². The van der Waals surface area contributed by atoms with Crippen molar-refractivity contribution in [2.24, 2.45) is 0 Å². The summed E-state index contributed by atoms with van der Waals surface area (Å²) in [4.78, 5) is 35.8. The lowest BCUT2D eigenvalue weighted by Crippen LogP contribution is -2.30. The Bertz CT molecular complexity index is 1200. The van der Waals surface area contributed by atoms with Crippen LogP contribution in [0.3, 0.4) is 0 Å². The van der Waals surface area contributed by atoms with E-state index in [-0.39, 0.29) is 22.8 Å². The fraction of sp³-hybridized carbons (Fsp3) is 0.231. The van der Waals surface area contributed by atoms with Crippen molar-refractivity contribution in [3.05, 3.63) is 94.0 Å². The van der Waals surface area contributed by atoms with Gasteiger partial charge in [-0.25, -0.2) is 0 Å². The molecule has 0 spiro atoms. The maximum atomic E-state index is 12.6. The van der Waals surface area contributed by atoms with Crippen molar-refractivity contribution in [3.8, 4) is 5.75 Å². The molecule has 0 heterocycles. The Labute approximate surface area is 198 Å². The molecule has 1 atom stereocenters. The van der Waals surface area contributed by atoms with Gasteiger partial charge in [-0.3, -0.25) is 19.7 Å². The van der Waals surface area contributed by atoms with E-state index in [1.54, 1.807) is 42.5 Å². The van der Waals surface area contributed by atoms with Gasteiger partial charge in [-0.05, 0) is 54.3 Å². The molecule has 3 rings (SSSR count). The van der Waals surface area contributed by atoms with E-state index in [1.807, 2.05) is 12.1 Å². The quantitative estimate of drug-likeness (QED) is 0.354. The lowest BCUT2D eigenvalue weighted by atomic mass is 9.87. The predicted octanol–water partition coefficient (Wildman–Crippen LogP) is 5.55. The van der Waals surface area contributed by atoms with Crippen LogP contribution in [0.25, 0.3) is 0 Å². The molecule has 0 aromatic heterocycles. The summed E-state index contributed by atoms with van der Waals surface area (Å²) >= 11 is 0. The molecular formula is C26H27N3O5. The Kier molecular flexibility index (Phi) is 7.31. The van der Waals surface area contributed by atoms with Gasteiger partial charge < -0.3 is 15.4 Å². The topological polar surface area (TPSA) is 111 Å². The highest BCUT2D eigenvalue weighted by molar-refractivity contribution is 6.04. The number of carbonyl (C=O) groups excluding carboxylic acids is 2. The first-order valence-electron chi connectivity index (χ1n) is 10.8. The Morgan fingerprint density at radius 3 is 2.15 bits per heavy atom. The van der Waals surface area contributed by atoms with Crippen LogP contribution in [0.4, 0.5) is 17.1 Å². The fourth-order valence-electron chi connectivity index (χ4n) is 3.20. The lowest BCUT2D eigenvalue weighted by Gasteiger charge is -2.19. The van der Waals surface area contributed by atoms with E-state index in [1.165, 1.54) is 25.1 Å². The third-order valence-electron chi connectivity index (χ3n) is 5.14. The van der Waals surface area contributed by atoms with E-state index in [2.05, 4.69) is 31.4 Å². The summed E-state index contributed by atoms with van der Waals surface area (Å²) in [5.41, 5.74) is 2.38. The summed E-state index contributed by atoms with van der Waals surface area (Å²) in [5, 5.41) is 16.7. The monoisotopic (exact) mass is 461 g/mol. The molecule has 0 bridgehead atoms. The average Bonchev–Trinajstić information content (AvgIpc) is 2.79. The zero-order valence-corrected chi connectivity index (χ0v) is 19.5. The Hall–Kier alpha value is -4.20. The number of amides is 2. The third-order valence-corrected chi connectivity index (χ3v) is 5.14. The highest BCUT2D eigenvalue weighted by atomic mass is 16.6. The molecule has 2 N–H and O–H groups in total. The van der Waals surface area contributed by atoms with Gasteiger partial charge in [-0.15, -0.1) is 0 Å². The number of ether oxygens (including phenoxy) is 1. The van der Waals surface area contributed by atoms with Crippen LogP contribution in [0, 0.1) is 10.1 Å². The van der Waals surface area contributed by atoms with Gasteiger partial charge in [0.25, 0.3) is 11.8 Å². The van der Waals surface area contributed by atoms with Gasteiger partial charge in [0.05, 0.1) is 4.92 Å². The molecule has 0 aliphatic heterocycles. The van der Waals surface area contributed by atoms with Crippen LogP contribution < -0.4 is 15.4 Å². The second-order valence-electron chi connectivity index (χ2n) is 8.84. The number of hydrogen-bond acceptors (Lipinski definition) is 5. The number of rotatable bonds is 7. The second kappa shape index (κ2) is 10.2. The Morgan fingerprint density at radius 2 is 1.53 bits per heavy atom. The van der Waals surface area contributed by atoms with Crippen LogP contribution in [-0.4, -0.2) is 22.8 Å². The van der Waals surface area contributed by atoms with Crippen molar-refractivity contribution < 1.29 is 19.2 Å². The Balaban J connectivity index is 1.64. The molecule has 3 aromatic carbocycles. The molecule has 0 radical (unpaired) electrons. The van der Waals surface area contributed by atoms with E-state index in [9.17, 15) is 19.7 Å². The molecule has 0 aliphatic rings. The van der Waals surface area contributed by atoms with Crippen LogP contribution in [0.15, 0.2) is 72.8 Å². The van der Waals surface area contributed by atoms with Crippen LogP contribution >= 0.6 is 0 Å². The molecule has 0 aliphatic carbocycles. The summed E-state index contributed by atoms with van der Waals surface area (Å²) < 4.78 is 5.50. The molecule has 8 nitrogen and oxygen atoms in total. The van der Waals surface area contributed by atoms with Crippen molar-refractivity contribution in [1.82, 2.24) is 0 Å². The molecule has 2 amide bonds. The molecule has 8 heteroatoms. The number of anilines is 2. The summed E-state index contributed by atoms with van der Waals surface area (Å²) in [5.74, 6) is -0.745. The smallest absolute Gasteiger partial charge is 0.310 e. The van der Waals surface area contributed by atoms with E-state index >= 15 is 0 Å². The number of carbonyl (C=O) groups is 2. The minimum absolute atomic E-state index is 0.00613. The summed E-state index contributed by atoms with van der Waals surface area (Å²) in [6, 6.07) is 20.0. The number of benzene rings is 3. The van der Waals surface area contributed by atoms with Crippen molar-refractivity contribution in [2.75, 3.05) is 10.6 Å². The number of hydrogen-bond donors (Lipinski definition) is 2. The minimum atomic E-state index is -0.985. The first kappa shape index (κ1) is 24.4. The summed E-state index contributed by atoms with van der Waals surface area (Å²) in [6.45, 7) is 7.82. The van der Waals surface area contributed by atoms with Gasteiger partial charge in [0.2, 0.25) is 0 Å². The highest BCUT2D eigenvalue weighted by Crippen LogP contribution is 2.27. The fourth-order valence-corrected chi connectivity index (χ4v) is 3.20.